The van der Waals surface area contributed by atoms with Crippen LogP contribution in [-0.4, -0.2) is 0 Å². The first-order chi connectivity index (χ1) is 11.8. The topological polar surface area (TPSA) is 3.88 Å². The normalized spacial score (nSPS) is 19.9. The van der Waals surface area contributed by atoms with Crippen LogP contribution in [0.3, 0.4) is 0 Å². The summed E-state index contributed by atoms with van der Waals surface area (Å²) in [6, 6.07) is 8.94. The molecule has 1 nitrogen and oxygen atoms in total. The van der Waals surface area contributed by atoms with Crippen LogP contribution in [0.15, 0.2) is 24.3 Å². The van der Waals surface area contributed by atoms with Crippen LogP contribution >= 0.6 is 11.3 Å². The zero-order valence-corrected chi connectivity index (χ0v) is 16.0. The molecule has 0 aliphatic heterocycles. The first kappa shape index (κ1) is 16.3. The van der Waals surface area contributed by atoms with Crippen molar-refractivity contribution in [2.75, 3.05) is 0 Å². The molecule has 24 heavy (non-hydrogen) atoms. The molecule has 1 heterocycles. The summed E-state index contributed by atoms with van der Waals surface area (Å²) in [6.45, 7) is 4.64. The molecule has 0 saturated heterocycles. The Morgan fingerprint density at radius 3 is 2.17 bits per heavy atom. The number of thiazole rings is 1. The number of benzene rings is 1. The minimum atomic E-state index is 0.783. The van der Waals surface area contributed by atoms with E-state index in [0.717, 1.165) is 11.8 Å². The lowest BCUT2D eigenvalue weighted by Crippen LogP contribution is -2.38. The first-order valence-corrected chi connectivity index (χ1v) is 10.7. The molecule has 4 rings (SSSR count). The molecule has 2 aromatic rings. The molecule has 1 aromatic carbocycles. The van der Waals surface area contributed by atoms with Gasteiger partial charge in [0, 0.05) is 18.6 Å². The van der Waals surface area contributed by atoms with Gasteiger partial charge in [-0.05, 0) is 38.5 Å². The molecule has 0 unspecified atom stereocenters. The Morgan fingerprint density at radius 2 is 1.46 bits per heavy atom. The van der Waals surface area contributed by atoms with Crippen LogP contribution in [0.4, 0.5) is 0 Å². The van der Waals surface area contributed by atoms with E-state index in [9.17, 15) is 0 Å². The van der Waals surface area contributed by atoms with Gasteiger partial charge >= 0.3 is 0 Å². The van der Waals surface area contributed by atoms with Crippen molar-refractivity contribution in [1.29, 1.82) is 0 Å². The maximum absolute atomic E-state index is 2.64. The molecular formula is C22H30NS+. The number of rotatable bonds is 3. The molecule has 2 aliphatic rings. The second-order valence-electron chi connectivity index (χ2n) is 7.83. The number of hydrogen-bond acceptors (Lipinski definition) is 1. The lowest BCUT2D eigenvalue weighted by Gasteiger charge is -2.19. The van der Waals surface area contributed by atoms with E-state index in [-0.39, 0.29) is 0 Å². The monoisotopic (exact) mass is 340 g/mol. The van der Waals surface area contributed by atoms with E-state index in [1.165, 1.54) is 74.7 Å². The van der Waals surface area contributed by atoms with Crippen molar-refractivity contribution in [3.8, 4) is 5.69 Å². The average molecular weight is 341 g/mol. The maximum atomic E-state index is 2.64. The van der Waals surface area contributed by atoms with Crippen LogP contribution in [0, 0.1) is 13.8 Å². The Bertz CT molecular complexity index is 703. The van der Waals surface area contributed by atoms with Gasteiger partial charge in [-0.2, -0.15) is 4.57 Å². The quantitative estimate of drug-likeness (QED) is 0.573. The molecule has 2 saturated carbocycles. The minimum absolute atomic E-state index is 0.783. The van der Waals surface area contributed by atoms with Gasteiger partial charge in [0.2, 0.25) is 10.7 Å². The molecule has 128 valence electrons. The standard InChI is InChI=1S/C22H30NS/c1-16-10-6-9-15-20(16)23-17(2)21(18-11-4-3-5-12-18)24-22(23)19-13-7-8-14-19/h6,9-10,15,18-19H,3-5,7-8,11-14H2,1-2H3/q+1. The third-order valence-corrected chi connectivity index (χ3v) is 7.74. The summed E-state index contributed by atoms with van der Waals surface area (Å²) >= 11 is 2.16. The molecule has 0 atom stereocenters. The summed E-state index contributed by atoms with van der Waals surface area (Å²) in [7, 11) is 0. The Kier molecular flexibility index (Phi) is 4.76. The second kappa shape index (κ2) is 7.00. The first-order valence-electron chi connectivity index (χ1n) is 9.87. The third kappa shape index (κ3) is 2.94. The summed E-state index contributed by atoms with van der Waals surface area (Å²) in [5, 5.41) is 1.64. The molecule has 0 N–H and O–H groups in total. The molecule has 0 amide bonds. The van der Waals surface area contributed by atoms with Gasteiger partial charge in [-0.1, -0.05) is 61.6 Å². The lowest BCUT2D eigenvalue weighted by atomic mass is 9.87. The highest BCUT2D eigenvalue weighted by Crippen LogP contribution is 2.42. The number of aromatic nitrogens is 1. The number of para-hydroxylation sites is 1. The van der Waals surface area contributed by atoms with E-state index in [1.807, 2.05) is 0 Å². The van der Waals surface area contributed by atoms with Crippen molar-refractivity contribution in [1.82, 2.24) is 0 Å². The number of aryl methyl sites for hydroxylation is 1. The van der Waals surface area contributed by atoms with Crippen molar-refractivity contribution in [2.45, 2.75) is 83.5 Å². The molecule has 0 bridgehead atoms. The molecule has 2 aliphatic carbocycles. The Labute approximate surface area is 150 Å². The average Bonchev–Trinajstić information content (AvgIpc) is 3.24. The Balaban J connectivity index is 1.83. The van der Waals surface area contributed by atoms with Crippen LogP contribution in [0.2, 0.25) is 0 Å². The van der Waals surface area contributed by atoms with Gasteiger partial charge in [-0.3, -0.25) is 0 Å². The van der Waals surface area contributed by atoms with Crippen LogP contribution < -0.4 is 4.57 Å². The van der Waals surface area contributed by atoms with E-state index < -0.39 is 0 Å². The summed E-state index contributed by atoms with van der Waals surface area (Å²) < 4.78 is 2.64. The van der Waals surface area contributed by atoms with Gasteiger partial charge in [0.15, 0.2) is 5.69 Å². The van der Waals surface area contributed by atoms with Crippen LogP contribution in [0.25, 0.3) is 5.69 Å². The van der Waals surface area contributed by atoms with Crippen LogP contribution in [0.5, 0.6) is 0 Å². The van der Waals surface area contributed by atoms with Gasteiger partial charge in [0.1, 0.15) is 0 Å². The van der Waals surface area contributed by atoms with Crippen molar-refractivity contribution in [3.63, 3.8) is 0 Å². The zero-order valence-electron chi connectivity index (χ0n) is 15.2. The molecular weight excluding hydrogens is 310 g/mol. The van der Waals surface area contributed by atoms with Crippen molar-refractivity contribution in [2.24, 2.45) is 0 Å². The van der Waals surface area contributed by atoms with E-state index in [2.05, 4.69) is 54.0 Å². The lowest BCUT2D eigenvalue weighted by molar-refractivity contribution is -0.607. The summed E-state index contributed by atoms with van der Waals surface area (Å²) in [5.74, 6) is 1.60. The predicted molar refractivity (Wildman–Crippen MR) is 102 cm³/mol. The highest BCUT2D eigenvalue weighted by atomic mass is 32.1. The van der Waals surface area contributed by atoms with Gasteiger partial charge in [0.05, 0.1) is 10.8 Å². The largest absolute Gasteiger partial charge is 0.246 e. The number of nitrogens with zero attached hydrogens (tertiary/aromatic N) is 1. The van der Waals surface area contributed by atoms with Crippen molar-refractivity contribution >= 4 is 11.3 Å². The van der Waals surface area contributed by atoms with Crippen LogP contribution in [-0.2, 0) is 0 Å². The molecule has 0 radical (unpaired) electrons. The summed E-state index contributed by atoms with van der Waals surface area (Å²) in [6.07, 6.45) is 12.7. The van der Waals surface area contributed by atoms with Crippen molar-refractivity contribution < 1.29 is 4.57 Å². The van der Waals surface area contributed by atoms with Crippen LogP contribution in [0.1, 0.15) is 90.8 Å². The summed E-state index contributed by atoms with van der Waals surface area (Å²) in [4.78, 5) is 1.69. The highest BCUT2D eigenvalue weighted by molar-refractivity contribution is 7.11. The summed E-state index contributed by atoms with van der Waals surface area (Å²) in [5.41, 5.74) is 4.34. The smallest absolute Gasteiger partial charge is 0.151 e. The number of hydrogen-bond donors (Lipinski definition) is 0. The highest BCUT2D eigenvalue weighted by Gasteiger charge is 2.35. The van der Waals surface area contributed by atoms with Gasteiger partial charge in [-0.25, -0.2) is 0 Å². The van der Waals surface area contributed by atoms with Gasteiger partial charge < -0.3 is 0 Å². The molecule has 2 heteroatoms. The van der Waals surface area contributed by atoms with E-state index in [0.29, 0.717) is 0 Å². The van der Waals surface area contributed by atoms with E-state index in [1.54, 1.807) is 9.88 Å². The van der Waals surface area contributed by atoms with E-state index in [4.69, 9.17) is 0 Å². The molecule has 0 spiro atoms. The Morgan fingerprint density at radius 1 is 0.833 bits per heavy atom. The Hall–Kier alpha value is -1.15. The van der Waals surface area contributed by atoms with Gasteiger partial charge in [0.25, 0.3) is 0 Å². The second-order valence-corrected chi connectivity index (χ2v) is 8.89. The fraction of sp³-hybridized carbons (Fsp3) is 0.591. The van der Waals surface area contributed by atoms with Gasteiger partial charge in [-0.15, -0.1) is 0 Å². The van der Waals surface area contributed by atoms with Crippen molar-refractivity contribution in [3.05, 3.63) is 45.4 Å². The predicted octanol–water partition coefficient (Wildman–Crippen LogP) is 6.35. The third-order valence-electron chi connectivity index (χ3n) is 6.16. The molecule has 2 fully saturated rings. The SMILES string of the molecule is Cc1ccccc1-[n+]1c(C2CCCC2)sc(C2CCCCC2)c1C. The fourth-order valence-electron chi connectivity index (χ4n) is 4.80. The zero-order chi connectivity index (χ0) is 16.5. The molecule has 1 aromatic heterocycles. The maximum Gasteiger partial charge on any atom is 0.246 e. The van der Waals surface area contributed by atoms with E-state index >= 15 is 0 Å². The fourth-order valence-corrected chi connectivity index (χ4v) is 6.40. The minimum Gasteiger partial charge on any atom is -0.151 e.